The van der Waals surface area contributed by atoms with E-state index >= 15 is 0 Å². The van der Waals surface area contributed by atoms with Gasteiger partial charge >= 0.3 is 0 Å². The summed E-state index contributed by atoms with van der Waals surface area (Å²) in [5, 5.41) is 0. The van der Waals surface area contributed by atoms with E-state index in [1.54, 1.807) is 13.0 Å². The highest BCUT2D eigenvalue weighted by molar-refractivity contribution is 5.33. The normalized spacial score (nSPS) is 13.1. The summed E-state index contributed by atoms with van der Waals surface area (Å²) in [6, 6.07) is 2.48. The van der Waals surface area contributed by atoms with Crippen LogP contribution in [0.15, 0.2) is 23.1 Å². The fourth-order valence-corrected chi connectivity index (χ4v) is 1.25. The van der Waals surface area contributed by atoms with Crippen molar-refractivity contribution in [2.24, 2.45) is 0 Å². The van der Waals surface area contributed by atoms with Gasteiger partial charge in [-0.3, -0.25) is 4.79 Å². The quantitative estimate of drug-likeness (QED) is 0.810. The van der Waals surface area contributed by atoms with Gasteiger partial charge in [-0.15, -0.1) is 0 Å². The van der Waals surface area contributed by atoms with E-state index in [9.17, 15) is 13.6 Å². The van der Waals surface area contributed by atoms with Gasteiger partial charge in [0, 0.05) is 18.7 Å². The van der Waals surface area contributed by atoms with Gasteiger partial charge in [0.05, 0.1) is 5.69 Å². The maximum absolute atomic E-state index is 12.1. The molecule has 0 saturated heterocycles. The molecule has 1 atom stereocenters. The van der Waals surface area contributed by atoms with Crippen LogP contribution in [0.25, 0.3) is 0 Å². The second kappa shape index (κ2) is 4.21. The third-order valence-electron chi connectivity index (χ3n) is 2.00. The van der Waals surface area contributed by atoms with E-state index in [1.165, 1.54) is 16.8 Å². The zero-order valence-electron chi connectivity index (χ0n) is 7.78. The Morgan fingerprint density at radius 2 is 2.21 bits per heavy atom. The maximum Gasteiger partial charge on any atom is 0.273 e. The predicted molar refractivity (Wildman–Crippen MR) is 50.4 cm³/mol. The van der Waals surface area contributed by atoms with Crippen molar-refractivity contribution < 1.29 is 8.78 Å². The third kappa shape index (κ3) is 2.31. The third-order valence-corrected chi connectivity index (χ3v) is 2.00. The molecule has 2 N–H and O–H groups in total. The number of halogens is 2. The fourth-order valence-electron chi connectivity index (χ4n) is 1.25. The molecule has 3 nitrogen and oxygen atoms in total. The van der Waals surface area contributed by atoms with E-state index in [1.807, 2.05) is 0 Å². The Kier molecular flexibility index (Phi) is 3.22. The van der Waals surface area contributed by atoms with Crippen LogP contribution in [-0.4, -0.2) is 11.0 Å². The minimum atomic E-state index is -2.42. The molecule has 0 amide bonds. The van der Waals surface area contributed by atoms with Gasteiger partial charge in [-0.05, 0) is 19.1 Å². The van der Waals surface area contributed by atoms with Crippen LogP contribution in [0, 0.1) is 0 Å². The lowest BCUT2D eigenvalue weighted by Crippen LogP contribution is -2.25. The summed E-state index contributed by atoms with van der Waals surface area (Å²) in [6.45, 7) is 1.56. The lowest BCUT2D eigenvalue weighted by Gasteiger charge is -2.14. The molecule has 1 heterocycles. The average Bonchev–Trinajstić information content (AvgIpc) is 2.08. The van der Waals surface area contributed by atoms with Gasteiger partial charge in [0.25, 0.3) is 5.56 Å². The topological polar surface area (TPSA) is 48.0 Å². The number of hydrogen-bond acceptors (Lipinski definition) is 2. The molecule has 0 saturated carbocycles. The molecule has 1 unspecified atom stereocenters. The number of aromatic nitrogens is 1. The van der Waals surface area contributed by atoms with Crippen LogP contribution in [0.5, 0.6) is 0 Å². The Balaban J connectivity index is 2.96. The number of alkyl halides is 2. The number of pyridine rings is 1. The molecule has 0 bridgehead atoms. The molecular formula is C9H12F2N2O. The van der Waals surface area contributed by atoms with Gasteiger partial charge in [-0.25, -0.2) is 8.78 Å². The van der Waals surface area contributed by atoms with Crippen molar-refractivity contribution in [3.63, 3.8) is 0 Å². The van der Waals surface area contributed by atoms with Crippen molar-refractivity contribution >= 4 is 5.69 Å². The van der Waals surface area contributed by atoms with Crippen LogP contribution in [0.1, 0.15) is 19.4 Å². The summed E-state index contributed by atoms with van der Waals surface area (Å²) < 4.78 is 25.3. The predicted octanol–water partition coefficient (Wildman–Crippen LogP) is 1.65. The summed E-state index contributed by atoms with van der Waals surface area (Å²) in [5.41, 5.74) is 5.03. The minimum Gasteiger partial charge on any atom is -0.394 e. The van der Waals surface area contributed by atoms with Crippen LogP contribution in [0.3, 0.4) is 0 Å². The van der Waals surface area contributed by atoms with Gasteiger partial charge in [-0.2, -0.15) is 0 Å². The van der Waals surface area contributed by atoms with Crippen molar-refractivity contribution in [1.29, 1.82) is 0 Å². The molecule has 0 aliphatic rings. The first-order valence-electron chi connectivity index (χ1n) is 4.27. The maximum atomic E-state index is 12.1. The van der Waals surface area contributed by atoms with Crippen molar-refractivity contribution in [1.82, 2.24) is 4.57 Å². The van der Waals surface area contributed by atoms with Crippen LogP contribution in [0.4, 0.5) is 14.5 Å². The Labute approximate surface area is 80.2 Å². The summed E-state index contributed by atoms with van der Waals surface area (Å²) in [4.78, 5) is 11.4. The monoisotopic (exact) mass is 202 g/mol. The number of nitrogens with two attached hydrogens (primary N) is 1. The average molecular weight is 202 g/mol. The van der Waals surface area contributed by atoms with E-state index < -0.39 is 18.0 Å². The zero-order chi connectivity index (χ0) is 10.7. The van der Waals surface area contributed by atoms with Gasteiger partial charge in [-0.1, -0.05) is 0 Å². The molecule has 1 rings (SSSR count). The molecule has 0 radical (unpaired) electrons. The fraction of sp³-hybridized carbons (Fsp3) is 0.444. The lowest BCUT2D eigenvalue weighted by molar-refractivity contribution is 0.119. The van der Waals surface area contributed by atoms with E-state index in [0.717, 1.165) is 0 Å². The summed E-state index contributed by atoms with van der Waals surface area (Å²) in [6.07, 6.45) is -1.30. The Hall–Kier alpha value is -1.39. The smallest absolute Gasteiger partial charge is 0.273 e. The van der Waals surface area contributed by atoms with Gasteiger partial charge in [0.15, 0.2) is 0 Å². The second-order valence-electron chi connectivity index (χ2n) is 3.15. The number of nitrogen functional groups attached to an aromatic ring is 1. The largest absolute Gasteiger partial charge is 0.394 e. The molecule has 5 heteroatoms. The second-order valence-corrected chi connectivity index (χ2v) is 3.15. The molecule has 0 fully saturated rings. The van der Waals surface area contributed by atoms with Crippen LogP contribution >= 0.6 is 0 Å². The highest BCUT2D eigenvalue weighted by atomic mass is 19.3. The molecule has 0 aliphatic heterocycles. The van der Waals surface area contributed by atoms with E-state index in [2.05, 4.69) is 0 Å². The molecule has 0 aliphatic carbocycles. The van der Waals surface area contributed by atoms with Crippen LogP contribution < -0.4 is 11.3 Å². The number of nitrogens with zero attached hydrogens (tertiary/aromatic N) is 1. The highest BCUT2D eigenvalue weighted by Gasteiger charge is 2.13. The van der Waals surface area contributed by atoms with Gasteiger partial charge in [0.2, 0.25) is 6.43 Å². The molecule has 0 aromatic carbocycles. The zero-order valence-corrected chi connectivity index (χ0v) is 7.78. The van der Waals surface area contributed by atoms with E-state index in [-0.39, 0.29) is 12.1 Å². The summed E-state index contributed by atoms with van der Waals surface area (Å²) >= 11 is 0. The molecule has 14 heavy (non-hydrogen) atoms. The molecule has 78 valence electrons. The SMILES string of the molecule is CC(CC(F)F)n1cccc(N)c1=O. The van der Waals surface area contributed by atoms with Gasteiger partial charge in [0.1, 0.15) is 0 Å². The lowest BCUT2D eigenvalue weighted by atomic mass is 10.2. The first kappa shape index (κ1) is 10.7. The summed E-state index contributed by atoms with van der Waals surface area (Å²) in [7, 11) is 0. The first-order chi connectivity index (χ1) is 6.52. The molecule has 1 aromatic rings. The van der Waals surface area contributed by atoms with Crippen LogP contribution in [0.2, 0.25) is 0 Å². The standard InChI is InChI=1S/C9H12F2N2O/c1-6(5-8(10)11)13-4-2-3-7(12)9(13)14/h2-4,6,8H,5,12H2,1H3. The Morgan fingerprint density at radius 1 is 1.57 bits per heavy atom. The van der Waals surface area contributed by atoms with Crippen molar-refractivity contribution in [3.8, 4) is 0 Å². The Morgan fingerprint density at radius 3 is 2.79 bits per heavy atom. The molecule has 0 spiro atoms. The van der Waals surface area contributed by atoms with E-state index in [4.69, 9.17) is 5.73 Å². The Bertz CT molecular complexity index is 362. The summed E-state index contributed by atoms with van der Waals surface area (Å²) in [5.74, 6) is 0. The van der Waals surface area contributed by atoms with Gasteiger partial charge < -0.3 is 10.3 Å². The van der Waals surface area contributed by atoms with Crippen molar-refractivity contribution in [3.05, 3.63) is 28.7 Å². The number of hydrogen-bond donors (Lipinski definition) is 1. The molecular weight excluding hydrogens is 190 g/mol. The first-order valence-corrected chi connectivity index (χ1v) is 4.27. The minimum absolute atomic E-state index is 0.0774. The van der Waals surface area contributed by atoms with E-state index in [0.29, 0.717) is 0 Å². The highest BCUT2D eigenvalue weighted by Crippen LogP contribution is 2.14. The van der Waals surface area contributed by atoms with Crippen molar-refractivity contribution in [2.45, 2.75) is 25.8 Å². The van der Waals surface area contributed by atoms with Crippen LogP contribution in [-0.2, 0) is 0 Å². The van der Waals surface area contributed by atoms with Crippen molar-refractivity contribution in [2.75, 3.05) is 5.73 Å². The number of anilines is 1. The number of rotatable bonds is 3. The molecule has 1 aromatic heterocycles.